The second kappa shape index (κ2) is 4.53. The van der Waals surface area contributed by atoms with E-state index < -0.39 is 0 Å². The Balaban J connectivity index is 1.85. The van der Waals surface area contributed by atoms with Gasteiger partial charge in [-0.25, -0.2) is 0 Å². The maximum Gasteiger partial charge on any atom is 0.0878 e. The van der Waals surface area contributed by atoms with Gasteiger partial charge in [-0.15, -0.1) is 0 Å². The first kappa shape index (κ1) is 12.5. The molecule has 0 spiro atoms. The molecule has 0 aromatic heterocycles. The molecule has 100 valence electrons. The Kier molecular flexibility index (Phi) is 2.98. The Morgan fingerprint density at radius 2 is 2.00 bits per heavy atom. The highest BCUT2D eigenvalue weighted by Gasteiger charge is 2.30. The Hall–Kier alpha value is -1.54. The quantitative estimate of drug-likeness (QED) is 0.788. The van der Waals surface area contributed by atoms with E-state index in [0.29, 0.717) is 5.92 Å². The fraction of sp³-hybridized carbons (Fsp3) is 0.412. The van der Waals surface area contributed by atoms with Crippen molar-refractivity contribution in [3.63, 3.8) is 0 Å². The molecular formula is C17H21NO. The molecule has 2 aliphatic rings. The third kappa shape index (κ3) is 2.45. The van der Waals surface area contributed by atoms with Gasteiger partial charge in [-0.2, -0.15) is 0 Å². The van der Waals surface area contributed by atoms with Crippen LogP contribution < -0.4 is 0 Å². The predicted octanol–water partition coefficient (Wildman–Crippen LogP) is 4.12. The Bertz CT molecular complexity index is 536. The molecule has 19 heavy (non-hydrogen) atoms. The second-order valence-corrected chi connectivity index (χ2v) is 6.19. The third-order valence-corrected chi connectivity index (χ3v) is 3.48. The third-order valence-electron chi connectivity index (χ3n) is 3.48. The summed E-state index contributed by atoms with van der Waals surface area (Å²) in [5.74, 6) is 0.348. The van der Waals surface area contributed by atoms with Crippen LogP contribution in [0.5, 0.6) is 0 Å². The number of hydrogen-bond acceptors (Lipinski definition) is 2. The van der Waals surface area contributed by atoms with Gasteiger partial charge in [-0.05, 0) is 38.3 Å². The summed E-state index contributed by atoms with van der Waals surface area (Å²) in [6, 6.07) is 8.60. The SMILES string of the molecule is CC(C)(C)ON1CCC=C1C1C=Cc2ccccc21. The summed E-state index contributed by atoms with van der Waals surface area (Å²) in [5, 5.41) is 2.08. The molecule has 1 aliphatic carbocycles. The van der Waals surface area contributed by atoms with Crippen molar-refractivity contribution in [1.29, 1.82) is 0 Å². The molecule has 0 N–H and O–H groups in total. The lowest BCUT2D eigenvalue weighted by molar-refractivity contribution is -0.203. The summed E-state index contributed by atoms with van der Waals surface area (Å²) in [7, 11) is 0. The Labute approximate surface area is 115 Å². The zero-order valence-electron chi connectivity index (χ0n) is 11.9. The van der Waals surface area contributed by atoms with Crippen LogP contribution >= 0.6 is 0 Å². The van der Waals surface area contributed by atoms with Gasteiger partial charge in [-0.3, -0.25) is 9.90 Å². The minimum Gasteiger partial charge on any atom is -0.268 e. The highest BCUT2D eigenvalue weighted by molar-refractivity contribution is 5.64. The van der Waals surface area contributed by atoms with Crippen molar-refractivity contribution in [2.75, 3.05) is 6.54 Å². The second-order valence-electron chi connectivity index (χ2n) is 6.19. The minimum absolute atomic E-state index is 0.148. The van der Waals surface area contributed by atoms with Gasteiger partial charge in [0.2, 0.25) is 0 Å². The fourth-order valence-corrected chi connectivity index (χ4v) is 2.78. The molecule has 0 radical (unpaired) electrons. The van der Waals surface area contributed by atoms with Gasteiger partial charge in [0.25, 0.3) is 0 Å². The molecule has 0 fully saturated rings. The lowest BCUT2D eigenvalue weighted by Crippen LogP contribution is -2.33. The smallest absolute Gasteiger partial charge is 0.0878 e. The van der Waals surface area contributed by atoms with Crippen molar-refractivity contribution >= 4 is 6.08 Å². The van der Waals surface area contributed by atoms with E-state index in [0.717, 1.165) is 13.0 Å². The van der Waals surface area contributed by atoms with Crippen LogP contribution in [0.3, 0.4) is 0 Å². The summed E-state index contributed by atoms with van der Waals surface area (Å²) < 4.78 is 0. The topological polar surface area (TPSA) is 12.5 Å². The van der Waals surface area contributed by atoms with E-state index in [4.69, 9.17) is 4.84 Å². The molecule has 0 saturated heterocycles. The van der Waals surface area contributed by atoms with Crippen molar-refractivity contribution < 1.29 is 4.84 Å². The first-order valence-electron chi connectivity index (χ1n) is 6.98. The molecule has 1 unspecified atom stereocenters. The number of nitrogens with zero attached hydrogens (tertiary/aromatic N) is 1. The first-order chi connectivity index (χ1) is 9.04. The van der Waals surface area contributed by atoms with E-state index in [2.05, 4.69) is 68.3 Å². The van der Waals surface area contributed by atoms with Gasteiger partial charge in [0.05, 0.1) is 5.60 Å². The van der Waals surface area contributed by atoms with Crippen LogP contribution in [0.4, 0.5) is 0 Å². The molecule has 1 atom stereocenters. The predicted molar refractivity (Wildman–Crippen MR) is 78.5 cm³/mol. The van der Waals surface area contributed by atoms with E-state index >= 15 is 0 Å². The Morgan fingerprint density at radius 3 is 2.79 bits per heavy atom. The highest BCUT2D eigenvalue weighted by Crippen LogP contribution is 2.39. The van der Waals surface area contributed by atoms with Crippen LogP contribution in [0.2, 0.25) is 0 Å². The van der Waals surface area contributed by atoms with Crippen LogP contribution in [-0.4, -0.2) is 17.2 Å². The zero-order valence-corrected chi connectivity index (χ0v) is 11.9. The van der Waals surface area contributed by atoms with Crippen molar-refractivity contribution in [3.05, 3.63) is 53.2 Å². The Morgan fingerprint density at radius 1 is 1.21 bits per heavy atom. The molecule has 1 aromatic rings. The van der Waals surface area contributed by atoms with Crippen molar-refractivity contribution in [1.82, 2.24) is 5.06 Å². The lowest BCUT2D eigenvalue weighted by Gasteiger charge is -2.32. The van der Waals surface area contributed by atoms with Crippen LogP contribution in [0.25, 0.3) is 6.08 Å². The fourth-order valence-electron chi connectivity index (χ4n) is 2.78. The molecular weight excluding hydrogens is 234 g/mol. The summed E-state index contributed by atoms with van der Waals surface area (Å²) in [5.41, 5.74) is 3.86. The van der Waals surface area contributed by atoms with Gasteiger partial charge in [-0.1, -0.05) is 42.5 Å². The molecule has 1 aromatic carbocycles. The number of rotatable bonds is 2. The van der Waals surface area contributed by atoms with Crippen LogP contribution in [-0.2, 0) is 4.84 Å². The largest absolute Gasteiger partial charge is 0.268 e. The molecule has 0 bridgehead atoms. The number of benzene rings is 1. The van der Waals surface area contributed by atoms with E-state index in [-0.39, 0.29) is 5.60 Å². The zero-order chi connectivity index (χ0) is 13.5. The van der Waals surface area contributed by atoms with Gasteiger partial charge >= 0.3 is 0 Å². The average molecular weight is 255 g/mol. The van der Waals surface area contributed by atoms with Crippen LogP contribution in [0.1, 0.15) is 44.2 Å². The van der Waals surface area contributed by atoms with Crippen molar-refractivity contribution in [3.8, 4) is 0 Å². The van der Waals surface area contributed by atoms with E-state index in [9.17, 15) is 0 Å². The number of fused-ring (bicyclic) bond motifs is 1. The standard InChI is InChI=1S/C17H21NO/c1-17(2,3)19-18-12-6-9-16(18)15-11-10-13-7-4-5-8-14(13)15/h4-5,7-11,15H,6,12H2,1-3H3. The summed E-state index contributed by atoms with van der Waals surface area (Å²) in [6.07, 6.45) is 7.87. The molecule has 2 nitrogen and oxygen atoms in total. The average Bonchev–Trinajstić information content (AvgIpc) is 2.92. The maximum atomic E-state index is 6.07. The van der Waals surface area contributed by atoms with Crippen LogP contribution in [0, 0.1) is 0 Å². The summed E-state index contributed by atoms with van der Waals surface area (Å²) >= 11 is 0. The first-order valence-corrected chi connectivity index (χ1v) is 6.98. The number of hydrogen-bond donors (Lipinski definition) is 0. The van der Waals surface area contributed by atoms with Crippen LogP contribution in [0.15, 0.2) is 42.1 Å². The molecule has 0 amide bonds. The minimum atomic E-state index is -0.148. The maximum absolute atomic E-state index is 6.07. The monoisotopic (exact) mass is 255 g/mol. The number of hydroxylamine groups is 2. The van der Waals surface area contributed by atoms with E-state index in [1.54, 1.807) is 0 Å². The van der Waals surface area contributed by atoms with E-state index in [1.165, 1.54) is 16.8 Å². The highest BCUT2D eigenvalue weighted by atomic mass is 16.7. The van der Waals surface area contributed by atoms with Crippen molar-refractivity contribution in [2.45, 2.75) is 38.7 Å². The summed E-state index contributed by atoms with van der Waals surface area (Å²) in [4.78, 5) is 6.07. The van der Waals surface area contributed by atoms with Gasteiger partial charge in [0, 0.05) is 18.2 Å². The normalized spacial score (nSPS) is 21.7. The van der Waals surface area contributed by atoms with Gasteiger partial charge in [0.1, 0.15) is 0 Å². The lowest BCUT2D eigenvalue weighted by atomic mass is 9.97. The summed E-state index contributed by atoms with van der Waals surface area (Å²) in [6.45, 7) is 7.25. The van der Waals surface area contributed by atoms with Gasteiger partial charge < -0.3 is 0 Å². The molecule has 0 saturated carbocycles. The van der Waals surface area contributed by atoms with E-state index in [1.807, 2.05) is 0 Å². The van der Waals surface area contributed by atoms with Crippen molar-refractivity contribution in [2.24, 2.45) is 0 Å². The molecule has 1 heterocycles. The number of allylic oxidation sites excluding steroid dienone is 1. The molecule has 3 rings (SSSR count). The van der Waals surface area contributed by atoms with Gasteiger partial charge in [0.15, 0.2) is 0 Å². The molecule has 1 aliphatic heterocycles. The molecule has 2 heteroatoms.